The number of methoxy groups -OCH3 is 1. The van der Waals surface area contributed by atoms with Crippen LogP contribution in [0.2, 0.25) is 0 Å². The van der Waals surface area contributed by atoms with Gasteiger partial charge >= 0.3 is 0 Å². The van der Waals surface area contributed by atoms with E-state index >= 15 is 0 Å². The van der Waals surface area contributed by atoms with E-state index in [0.29, 0.717) is 5.56 Å². The first-order valence-corrected chi connectivity index (χ1v) is 8.25. The van der Waals surface area contributed by atoms with Crippen LogP contribution in [0.4, 0.5) is 8.87 Å². The van der Waals surface area contributed by atoms with E-state index in [0.717, 1.165) is 17.5 Å². The Kier molecular flexibility index (Phi) is 8.02. The number of nitrogens with two attached hydrogens (primary N) is 1. The van der Waals surface area contributed by atoms with Crippen LogP contribution >= 0.6 is 24.8 Å². The predicted molar refractivity (Wildman–Crippen MR) is 109 cm³/mol. The van der Waals surface area contributed by atoms with Gasteiger partial charge in [-0.25, -0.2) is 0 Å². The highest BCUT2D eigenvalue weighted by Crippen LogP contribution is 2.38. The van der Waals surface area contributed by atoms with Gasteiger partial charge in [0.05, 0.1) is 7.11 Å². The Morgan fingerprint density at radius 1 is 1.15 bits per heavy atom. The third-order valence-electron chi connectivity index (χ3n) is 4.64. The minimum Gasteiger partial charge on any atom is -0.495 e. The monoisotopic (exact) mass is 417 g/mol. The Bertz CT molecular complexity index is 898. The molecule has 2 N–H and O–H groups in total. The first kappa shape index (κ1) is 23.1. The molecule has 0 amide bonds. The molecule has 1 aromatic heterocycles. The number of nitrogens with zero attached hydrogens (tertiary/aromatic N) is 2. The van der Waals surface area contributed by atoms with Crippen LogP contribution in [0.3, 0.4) is 0 Å². The van der Waals surface area contributed by atoms with Gasteiger partial charge in [-0.2, -0.15) is 4.39 Å². The Labute approximate surface area is 169 Å². The number of fused-ring (bicyclic) bond motifs is 1. The second-order valence-electron chi connectivity index (χ2n) is 6.19. The predicted octanol–water partition coefficient (Wildman–Crippen LogP) is 5.27. The zero-order chi connectivity index (χ0) is 18.1. The van der Waals surface area contributed by atoms with Crippen LogP contribution in [0.25, 0.3) is 22.0 Å². The van der Waals surface area contributed by atoms with E-state index < -0.39 is 5.95 Å². The van der Waals surface area contributed by atoms with Crippen LogP contribution in [0.5, 0.6) is 5.75 Å². The topological polar surface area (TPSA) is 53.1 Å². The van der Waals surface area contributed by atoms with E-state index in [9.17, 15) is 8.87 Å². The summed E-state index contributed by atoms with van der Waals surface area (Å²) in [5.74, 6) is -0.345. The summed E-state index contributed by atoms with van der Waals surface area (Å²) in [6.45, 7) is 4.10. The smallest absolute Gasteiger partial charge is 0.247 e. The van der Waals surface area contributed by atoms with E-state index in [-0.39, 0.29) is 58.3 Å². The van der Waals surface area contributed by atoms with Crippen molar-refractivity contribution in [2.75, 3.05) is 7.11 Å². The molecule has 0 aliphatic rings. The third-order valence-corrected chi connectivity index (χ3v) is 4.64. The van der Waals surface area contributed by atoms with Crippen LogP contribution in [0, 0.1) is 5.95 Å². The SMILES string of the molecule is CCC(c1ccc(-c2ccc3c(c(F)nn3F)c2OC)cc1)C(C)N.Cl.Cl. The number of halogens is 4. The van der Waals surface area contributed by atoms with Gasteiger partial charge in [0.25, 0.3) is 0 Å². The molecule has 0 radical (unpaired) electrons. The fourth-order valence-electron chi connectivity index (χ4n) is 3.37. The normalized spacial score (nSPS) is 12.8. The van der Waals surface area contributed by atoms with Crippen molar-refractivity contribution >= 4 is 35.7 Å². The van der Waals surface area contributed by atoms with Crippen LogP contribution in [0.1, 0.15) is 31.7 Å². The molecular formula is C19H23Cl2F2N3O. The molecule has 3 aromatic rings. The molecular weight excluding hydrogens is 395 g/mol. The largest absolute Gasteiger partial charge is 0.495 e. The van der Waals surface area contributed by atoms with E-state index in [4.69, 9.17) is 10.5 Å². The number of hydrogen-bond acceptors (Lipinski definition) is 3. The highest BCUT2D eigenvalue weighted by molar-refractivity contribution is 5.93. The first-order valence-electron chi connectivity index (χ1n) is 8.25. The van der Waals surface area contributed by atoms with Gasteiger partial charge in [-0.05, 0) is 42.5 Å². The first-order chi connectivity index (χ1) is 12.0. The molecule has 0 aliphatic heterocycles. The van der Waals surface area contributed by atoms with E-state index in [1.807, 2.05) is 31.2 Å². The molecule has 3 rings (SSSR count). The van der Waals surface area contributed by atoms with Crippen LogP contribution in [0.15, 0.2) is 36.4 Å². The van der Waals surface area contributed by atoms with Crippen LogP contribution < -0.4 is 10.5 Å². The molecule has 4 nitrogen and oxygen atoms in total. The summed E-state index contributed by atoms with van der Waals surface area (Å²) in [6, 6.07) is 11.2. The van der Waals surface area contributed by atoms with Gasteiger partial charge in [0.15, 0.2) is 0 Å². The summed E-state index contributed by atoms with van der Waals surface area (Å²) in [7, 11) is 1.44. The lowest BCUT2D eigenvalue weighted by atomic mass is 9.89. The van der Waals surface area contributed by atoms with Crippen molar-refractivity contribution in [1.29, 1.82) is 0 Å². The molecule has 8 heteroatoms. The van der Waals surface area contributed by atoms with E-state index in [2.05, 4.69) is 12.0 Å². The average Bonchev–Trinajstić information content (AvgIpc) is 2.89. The van der Waals surface area contributed by atoms with Crippen molar-refractivity contribution in [2.24, 2.45) is 5.73 Å². The number of benzene rings is 2. The lowest BCUT2D eigenvalue weighted by Gasteiger charge is -2.20. The van der Waals surface area contributed by atoms with Gasteiger partial charge in [0, 0.05) is 11.6 Å². The molecule has 0 aliphatic carbocycles. The summed E-state index contributed by atoms with van der Waals surface area (Å²) in [5, 5.41) is 3.23. The second kappa shape index (κ2) is 9.35. The Morgan fingerprint density at radius 2 is 1.78 bits per heavy atom. The number of ether oxygens (including phenoxy) is 1. The van der Waals surface area contributed by atoms with Crippen molar-refractivity contribution < 1.29 is 13.6 Å². The maximum absolute atomic E-state index is 14.0. The molecule has 2 aromatic carbocycles. The summed E-state index contributed by atoms with van der Waals surface area (Å²) < 4.78 is 33.0. The second-order valence-corrected chi connectivity index (χ2v) is 6.19. The van der Waals surface area contributed by atoms with Gasteiger partial charge in [-0.3, -0.25) is 0 Å². The van der Waals surface area contributed by atoms with Crippen molar-refractivity contribution in [3.05, 3.63) is 47.9 Å². The molecule has 0 fully saturated rings. The maximum atomic E-state index is 14.0. The minimum atomic E-state index is -0.893. The number of hydrogen-bond donors (Lipinski definition) is 1. The molecule has 0 bridgehead atoms. The number of aromatic nitrogens is 2. The minimum absolute atomic E-state index is 0. The lowest BCUT2D eigenvalue weighted by Crippen LogP contribution is -2.24. The standard InChI is InChI=1S/C19H21F2N3O.2ClH/c1-4-14(11(2)22)12-5-7-13(8-6-12)15-9-10-16-17(18(15)25-3)19(20)23-24(16)21;;/h5-11,14H,4,22H2,1-3H3;2*1H. The Hall–Kier alpha value is -1.89. The van der Waals surface area contributed by atoms with Gasteiger partial charge < -0.3 is 10.5 Å². The van der Waals surface area contributed by atoms with Gasteiger partial charge in [0.1, 0.15) is 16.7 Å². The van der Waals surface area contributed by atoms with Crippen LogP contribution in [-0.2, 0) is 0 Å². The Balaban J connectivity index is 0.00000182. The molecule has 148 valence electrons. The van der Waals surface area contributed by atoms with Crippen molar-refractivity contribution in [3.8, 4) is 16.9 Å². The Morgan fingerprint density at radius 3 is 2.30 bits per heavy atom. The lowest BCUT2D eigenvalue weighted by molar-refractivity contribution is 0.317. The molecule has 1 heterocycles. The molecule has 0 spiro atoms. The van der Waals surface area contributed by atoms with Crippen LogP contribution in [-0.4, -0.2) is 23.2 Å². The summed E-state index contributed by atoms with van der Waals surface area (Å²) in [4.78, 5) is 0.0224. The van der Waals surface area contributed by atoms with Gasteiger partial charge in [-0.1, -0.05) is 40.6 Å². The molecule has 27 heavy (non-hydrogen) atoms. The van der Waals surface area contributed by atoms with Crippen molar-refractivity contribution in [2.45, 2.75) is 32.2 Å². The van der Waals surface area contributed by atoms with Gasteiger partial charge in [-0.15, -0.1) is 29.9 Å². The van der Waals surface area contributed by atoms with E-state index in [1.54, 1.807) is 6.07 Å². The zero-order valence-electron chi connectivity index (χ0n) is 15.3. The quantitative estimate of drug-likeness (QED) is 0.615. The summed E-state index contributed by atoms with van der Waals surface area (Å²) in [6.07, 6.45) is 0.952. The molecule has 2 unspecified atom stereocenters. The highest BCUT2D eigenvalue weighted by atomic mass is 35.5. The average molecular weight is 418 g/mol. The summed E-state index contributed by atoms with van der Waals surface area (Å²) in [5.41, 5.74) is 8.78. The maximum Gasteiger partial charge on any atom is 0.247 e. The molecule has 0 saturated heterocycles. The molecule has 0 saturated carbocycles. The fraction of sp³-hybridized carbons (Fsp3) is 0.316. The van der Waals surface area contributed by atoms with E-state index in [1.165, 1.54) is 13.2 Å². The highest BCUT2D eigenvalue weighted by Gasteiger charge is 2.20. The van der Waals surface area contributed by atoms with Gasteiger partial charge in [0.2, 0.25) is 5.95 Å². The third kappa shape index (κ3) is 4.18. The number of rotatable bonds is 5. The van der Waals surface area contributed by atoms with Crippen molar-refractivity contribution in [1.82, 2.24) is 10.0 Å². The fourth-order valence-corrected chi connectivity index (χ4v) is 3.37. The zero-order valence-corrected chi connectivity index (χ0v) is 16.9. The summed E-state index contributed by atoms with van der Waals surface area (Å²) >= 11 is 0. The van der Waals surface area contributed by atoms with Crippen molar-refractivity contribution in [3.63, 3.8) is 0 Å². The molecule has 2 atom stereocenters.